The standard InChI is InChI=1S/C22H25N3O2/c1-15(10-11-21(26)27-2)25-13-12-20-19(14-25)22(24-23-20)18-9-5-7-16-6-3-4-8-17(16)18/h3-9,15H,10-14H2,1-2H3,(H,23,24)/t15-/m1/s1. The molecule has 3 aromatic rings. The lowest BCUT2D eigenvalue weighted by Crippen LogP contribution is -2.37. The Morgan fingerprint density at radius 3 is 2.93 bits per heavy atom. The highest BCUT2D eigenvalue weighted by Gasteiger charge is 2.26. The number of hydrogen-bond acceptors (Lipinski definition) is 4. The van der Waals surface area contributed by atoms with Gasteiger partial charge in [0.1, 0.15) is 0 Å². The number of ether oxygens (including phenoxy) is 1. The second-order valence-corrected chi connectivity index (χ2v) is 7.24. The van der Waals surface area contributed by atoms with Crippen LogP contribution in [0.15, 0.2) is 42.5 Å². The maximum Gasteiger partial charge on any atom is 0.305 e. The number of carbonyl (C=O) groups is 1. The Morgan fingerprint density at radius 1 is 1.26 bits per heavy atom. The van der Waals surface area contributed by atoms with E-state index in [1.807, 2.05) is 0 Å². The first kappa shape index (κ1) is 17.7. The van der Waals surface area contributed by atoms with E-state index in [2.05, 4.69) is 64.5 Å². The molecular weight excluding hydrogens is 338 g/mol. The van der Waals surface area contributed by atoms with Crippen LogP contribution in [-0.4, -0.2) is 40.8 Å². The van der Waals surface area contributed by atoms with Gasteiger partial charge in [0.2, 0.25) is 0 Å². The maximum absolute atomic E-state index is 11.5. The fourth-order valence-electron chi connectivity index (χ4n) is 3.96. The van der Waals surface area contributed by atoms with Crippen molar-refractivity contribution in [2.45, 2.75) is 38.8 Å². The summed E-state index contributed by atoms with van der Waals surface area (Å²) in [6.45, 7) is 4.02. The highest BCUT2D eigenvalue weighted by molar-refractivity contribution is 5.96. The zero-order chi connectivity index (χ0) is 18.8. The number of nitrogens with zero attached hydrogens (tertiary/aromatic N) is 2. The molecule has 1 aliphatic heterocycles. The van der Waals surface area contributed by atoms with Crippen LogP contribution in [0.1, 0.15) is 31.0 Å². The molecule has 0 spiro atoms. The van der Waals surface area contributed by atoms with E-state index >= 15 is 0 Å². The molecule has 0 aliphatic carbocycles. The van der Waals surface area contributed by atoms with Crippen molar-refractivity contribution >= 4 is 16.7 Å². The van der Waals surface area contributed by atoms with Crippen LogP contribution in [0.2, 0.25) is 0 Å². The summed E-state index contributed by atoms with van der Waals surface area (Å²) >= 11 is 0. The van der Waals surface area contributed by atoms with Gasteiger partial charge in [-0.05, 0) is 24.1 Å². The number of aromatic nitrogens is 2. The molecule has 0 radical (unpaired) electrons. The van der Waals surface area contributed by atoms with Crippen molar-refractivity contribution in [2.24, 2.45) is 0 Å². The topological polar surface area (TPSA) is 58.2 Å². The van der Waals surface area contributed by atoms with E-state index in [1.54, 1.807) is 0 Å². The third-order valence-electron chi connectivity index (χ3n) is 5.63. The number of hydrogen-bond donors (Lipinski definition) is 1. The Kier molecular flexibility index (Phi) is 4.94. The lowest BCUT2D eigenvalue weighted by molar-refractivity contribution is -0.141. The molecule has 140 valence electrons. The van der Waals surface area contributed by atoms with Crippen LogP contribution in [0.5, 0.6) is 0 Å². The van der Waals surface area contributed by atoms with Gasteiger partial charge >= 0.3 is 5.97 Å². The molecule has 1 aromatic heterocycles. The summed E-state index contributed by atoms with van der Waals surface area (Å²) in [5.74, 6) is -0.140. The maximum atomic E-state index is 11.5. The normalized spacial score (nSPS) is 15.5. The van der Waals surface area contributed by atoms with Gasteiger partial charge in [0.25, 0.3) is 0 Å². The van der Waals surface area contributed by atoms with Crippen LogP contribution in [0.3, 0.4) is 0 Å². The number of esters is 1. The van der Waals surface area contributed by atoms with Crippen molar-refractivity contribution in [2.75, 3.05) is 13.7 Å². The summed E-state index contributed by atoms with van der Waals surface area (Å²) in [5.41, 5.74) is 4.73. The number of rotatable bonds is 5. The van der Waals surface area contributed by atoms with Crippen LogP contribution in [0.25, 0.3) is 22.0 Å². The molecule has 5 nitrogen and oxygen atoms in total. The number of H-pyrrole nitrogens is 1. The monoisotopic (exact) mass is 363 g/mol. The lowest BCUT2D eigenvalue weighted by atomic mass is 9.96. The van der Waals surface area contributed by atoms with Crippen LogP contribution < -0.4 is 0 Å². The smallest absolute Gasteiger partial charge is 0.305 e. The number of methoxy groups -OCH3 is 1. The summed E-state index contributed by atoms with van der Waals surface area (Å²) in [7, 11) is 1.45. The van der Waals surface area contributed by atoms with Crippen molar-refractivity contribution < 1.29 is 9.53 Å². The molecule has 2 heterocycles. The van der Waals surface area contributed by atoms with Crippen molar-refractivity contribution in [3.05, 3.63) is 53.7 Å². The minimum absolute atomic E-state index is 0.140. The third-order valence-corrected chi connectivity index (χ3v) is 5.63. The van der Waals surface area contributed by atoms with E-state index in [1.165, 1.54) is 34.7 Å². The third kappa shape index (κ3) is 3.47. The Morgan fingerprint density at radius 2 is 2.07 bits per heavy atom. The molecule has 1 atom stereocenters. The fraction of sp³-hybridized carbons (Fsp3) is 0.364. The molecule has 2 aromatic carbocycles. The minimum atomic E-state index is -0.140. The number of carbonyl (C=O) groups excluding carboxylic acids is 1. The van der Waals surface area contributed by atoms with E-state index < -0.39 is 0 Å². The second-order valence-electron chi connectivity index (χ2n) is 7.24. The molecule has 27 heavy (non-hydrogen) atoms. The summed E-state index contributed by atoms with van der Waals surface area (Å²) in [4.78, 5) is 13.9. The molecular formula is C22H25N3O2. The van der Waals surface area contributed by atoms with Crippen molar-refractivity contribution in [1.29, 1.82) is 0 Å². The van der Waals surface area contributed by atoms with Gasteiger partial charge in [-0.3, -0.25) is 14.8 Å². The van der Waals surface area contributed by atoms with E-state index in [9.17, 15) is 4.79 Å². The van der Waals surface area contributed by atoms with Crippen LogP contribution in [-0.2, 0) is 22.5 Å². The number of benzene rings is 2. The average Bonchev–Trinajstić information content (AvgIpc) is 3.14. The Bertz CT molecular complexity index is 958. The van der Waals surface area contributed by atoms with E-state index in [0.29, 0.717) is 12.5 Å². The Balaban J connectivity index is 1.61. The number of aromatic amines is 1. The van der Waals surface area contributed by atoms with Gasteiger partial charge in [-0.1, -0.05) is 42.5 Å². The molecule has 1 aliphatic rings. The molecule has 1 N–H and O–H groups in total. The highest BCUT2D eigenvalue weighted by atomic mass is 16.5. The number of fused-ring (bicyclic) bond motifs is 2. The largest absolute Gasteiger partial charge is 0.469 e. The Hall–Kier alpha value is -2.66. The van der Waals surface area contributed by atoms with Gasteiger partial charge < -0.3 is 4.74 Å². The highest BCUT2D eigenvalue weighted by Crippen LogP contribution is 2.33. The van der Waals surface area contributed by atoms with Gasteiger partial charge in [0.05, 0.1) is 12.8 Å². The van der Waals surface area contributed by atoms with Crippen LogP contribution >= 0.6 is 0 Å². The second kappa shape index (κ2) is 7.53. The predicted octanol–water partition coefficient (Wildman–Crippen LogP) is 3.93. The quantitative estimate of drug-likeness (QED) is 0.698. The van der Waals surface area contributed by atoms with Gasteiger partial charge in [0, 0.05) is 48.8 Å². The first-order chi connectivity index (χ1) is 13.2. The van der Waals surface area contributed by atoms with Crippen molar-refractivity contribution in [3.8, 4) is 11.3 Å². The first-order valence-electron chi connectivity index (χ1n) is 9.52. The molecule has 0 bridgehead atoms. The molecule has 5 heteroatoms. The van der Waals surface area contributed by atoms with Crippen molar-refractivity contribution in [3.63, 3.8) is 0 Å². The van der Waals surface area contributed by atoms with Gasteiger partial charge in [0.15, 0.2) is 0 Å². The molecule has 4 rings (SSSR count). The Labute approximate surface area is 159 Å². The molecule has 0 saturated carbocycles. The van der Waals surface area contributed by atoms with Gasteiger partial charge in [-0.15, -0.1) is 0 Å². The summed E-state index contributed by atoms with van der Waals surface area (Å²) < 4.78 is 4.78. The first-order valence-corrected chi connectivity index (χ1v) is 9.52. The SMILES string of the molecule is COC(=O)CC[C@@H](C)N1CCc2[nH]nc(-c3cccc4ccccc34)c2C1. The van der Waals surface area contributed by atoms with Crippen LogP contribution in [0.4, 0.5) is 0 Å². The van der Waals surface area contributed by atoms with E-state index in [4.69, 9.17) is 4.74 Å². The fourth-order valence-corrected chi connectivity index (χ4v) is 3.96. The molecule has 0 fully saturated rings. The summed E-state index contributed by atoms with van der Waals surface area (Å²) in [6.07, 6.45) is 2.22. The van der Waals surface area contributed by atoms with Crippen molar-refractivity contribution in [1.82, 2.24) is 15.1 Å². The van der Waals surface area contributed by atoms with Gasteiger partial charge in [-0.25, -0.2) is 0 Å². The minimum Gasteiger partial charge on any atom is -0.469 e. The summed E-state index contributed by atoms with van der Waals surface area (Å²) in [6, 6.07) is 15.1. The zero-order valence-corrected chi connectivity index (χ0v) is 15.9. The zero-order valence-electron chi connectivity index (χ0n) is 15.9. The molecule has 0 saturated heterocycles. The molecule has 0 unspecified atom stereocenters. The van der Waals surface area contributed by atoms with E-state index in [0.717, 1.165) is 31.6 Å². The molecule has 0 amide bonds. The summed E-state index contributed by atoms with van der Waals surface area (Å²) in [5, 5.41) is 10.4. The van der Waals surface area contributed by atoms with E-state index in [-0.39, 0.29) is 5.97 Å². The number of nitrogens with one attached hydrogen (secondary N) is 1. The van der Waals surface area contributed by atoms with Crippen LogP contribution in [0, 0.1) is 0 Å². The van der Waals surface area contributed by atoms with Gasteiger partial charge in [-0.2, -0.15) is 5.10 Å². The lowest BCUT2D eigenvalue weighted by Gasteiger charge is -2.32. The average molecular weight is 363 g/mol. The predicted molar refractivity (Wildman–Crippen MR) is 106 cm³/mol.